The zero-order valence-corrected chi connectivity index (χ0v) is 22.4. The van der Waals surface area contributed by atoms with E-state index in [4.69, 9.17) is 19.2 Å². The number of fused-ring (bicyclic) bond motifs is 4. The fourth-order valence-corrected chi connectivity index (χ4v) is 5.98. The largest absolute Gasteiger partial charge is 0.469 e. The van der Waals surface area contributed by atoms with Crippen molar-refractivity contribution in [2.45, 2.75) is 39.8 Å². The quantitative estimate of drug-likeness (QED) is 0.349. The Morgan fingerprint density at radius 1 is 1.11 bits per heavy atom. The van der Waals surface area contributed by atoms with E-state index in [9.17, 15) is 4.79 Å². The van der Waals surface area contributed by atoms with Crippen molar-refractivity contribution < 1.29 is 19.0 Å². The summed E-state index contributed by atoms with van der Waals surface area (Å²) in [6.07, 6.45) is 0.0836. The first kappa shape index (κ1) is 24.2. The molecule has 2 aliphatic rings. The van der Waals surface area contributed by atoms with Crippen LogP contribution in [0.25, 0.3) is 5.00 Å². The monoisotopic (exact) mass is 529 g/mol. The van der Waals surface area contributed by atoms with Crippen LogP contribution in [0.4, 0.5) is 5.69 Å². The number of thiophene rings is 1. The molecule has 4 heterocycles. The second-order valence-corrected chi connectivity index (χ2v) is 10.5. The lowest BCUT2D eigenvalue weighted by Gasteiger charge is -2.12. The Labute approximate surface area is 224 Å². The molecule has 1 N–H and O–H groups in total. The van der Waals surface area contributed by atoms with Gasteiger partial charge < -0.3 is 19.5 Å². The number of hydrogen-bond donors (Lipinski definition) is 1. The molecule has 38 heavy (non-hydrogen) atoms. The topological polar surface area (TPSA) is 99.9 Å². The van der Waals surface area contributed by atoms with Gasteiger partial charge in [0.1, 0.15) is 16.9 Å². The molecule has 2 aromatic heterocycles. The molecule has 0 bridgehead atoms. The van der Waals surface area contributed by atoms with Crippen LogP contribution >= 0.6 is 11.3 Å². The van der Waals surface area contributed by atoms with E-state index >= 15 is 0 Å². The number of rotatable bonds is 6. The van der Waals surface area contributed by atoms with E-state index < -0.39 is 6.04 Å². The molecular formula is C28H27N5O4S. The Morgan fingerprint density at radius 2 is 1.89 bits per heavy atom. The average molecular weight is 530 g/mol. The first-order valence-corrected chi connectivity index (χ1v) is 13.1. The van der Waals surface area contributed by atoms with E-state index in [-0.39, 0.29) is 19.2 Å². The normalized spacial score (nSPS) is 15.4. The summed E-state index contributed by atoms with van der Waals surface area (Å²) >= 11 is 1.69. The fourth-order valence-electron chi connectivity index (χ4n) is 4.77. The molecule has 0 aliphatic carbocycles. The van der Waals surface area contributed by atoms with Crippen molar-refractivity contribution in [3.63, 3.8) is 0 Å². The van der Waals surface area contributed by atoms with Crippen molar-refractivity contribution >= 4 is 28.7 Å². The molecule has 2 aromatic carbocycles. The number of aryl methyl sites for hydroxylation is 2. The van der Waals surface area contributed by atoms with Gasteiger partial charge in [0.15, 0.2) is 17.3 Å². The Bertz CT molecular complexity index is 1570. The average Bonchev–Trinajstić information content (AvgIpc) is 3.60. The number of nitrogens with zero attached hydrogens (tertiary/aromatic N) is 4. The number of anilines is 1. The maximum atomic E-state index is 12.3. The zero-order chi connectivity index (χ0) is 26.4. The van der Waals surface area contributed by atoms with Gasteiger partial charge in [0.05, 0.1) is 19.2 Å². The number of esters is 1. The third kappa shape index (κ3) is 4.20. The van der Waals surface area contributed by atoms with Gasteiger partial charge in [0.2, 0.25) is 6.79 Å². The van der Waals surface area contributed by atoms with Gasteiger partial charge in [0.25, 0.3) is 0 Å². The van der Waals surface area contributed by atoms with Gasteiger partial charge in [-0.15, -0.1) is 21.5 Å². The number of methoxy groups -OCH3 is 1. The minimum atomic E-state index is -0.512. The van der Waals surface area contributed by atoms with Crippen molar-refractivity contribution in [2.24, 2.45) is 4.99 Å². The first-order chi connectivity index (χ1) is 18.4. The van der Waals surface area contributed by atoms with E-state index in [0.29, 0.717) is 12.4 Å². The molecule has 9 nitrogen and oxygen atoms in total. The molecule has 2 aliphatic heterocycles. The van der Waals surface area contributed by atoms with Gasteiger partial charge in [-0.25, -0.2) is 0 Å². The van der Waals surface area contributed by atoms with Crippen LogP contribution in [0.1, 0.15) is 51.2 Å². The van der Waals surface area contributed by atoms with Crippen molar-refractivity contribution in [2.75, 3.05) is 19.2 Å². The summed E-state index contributed by atoms with van der Waals surface area (Å²) in [7, 11) is 1.39. The van der Waals surface area contributed by atoms with Crippen LogP contribution in [0.15, 0.2) is 47.5 Å². The van der Waals surface area contributed by atoms with Crippen LogP contribution in [0.5, 0.6) is 11.5 Å². The smallest absolute Gasteiger partial charge is 0.308 e. The molecule has 194 valence electrons. The molecule has 0 radical (unpaired) electrons. The standard InChI is InChI=1S/C28H27N5O4S/c1-15-16(2)38-28-25(15)26(30-21(12-24(34)35-4)27-32-31-17(3)33(27)28)19-6-8-20(9-7-19)29-13-18-5-10-22-23(11-18)37-14-36-22/h5-11,21,29H,12-14H2,1-4H3/t21-/m0/s1. The van der Waals surface area contributed by atoms with Gasteiger partial charge in [-0.3, -0.25) is 14.4 Å². The molecule has 0 unspecified atom stereocenters. The molecule has 4 aromatic rings. The summed E-state index contributed by atoms with van der Waals surface area (Å²) < 4.78 is 17.9. The van der Waals surface area contributed by atoms with Gasteiger partial charge in [-0.05, 0) is 56.2 Å². The van der Waals surface area contributed by atoms with Crippen molar-refractivity contribution in [3.05, 3.63) is 81.2 Å². The summed E-state index contributed by atoms with van der Waals surface area (Å²) in [5.41, 5.74) is 6.09. The second-order valence-electron chi connectivity index (χ2n) is 9.30. The van der Waals surface area contributed by atoms with Gasteiger partial charge in [-0.2, -0.15) is 0 Å². The van der Waals surface area contributed by atoms with Crippen LogP contribution in [0.2, 0.25) is 0 Å². The van der Waals surface area contributed by atoms with Crippen molar-refractivity contribution in [1.82, 2.24) is 14.8 Å². The van der Waals surface area contributed by atoms with Crippen LogP contribution in [-0.4, -0.2) is 40.3 Å². The Balaban J connectivity index is 1.34. The van der Waals surface area contributed by atoms with Crippen LogP contribution in [-0.2, 0) is 16.1 Å². The summed E-state index contributed by atoms with van der Waals surface area (Å²) in [5, 5.41) is 13.2. The summed E-state index contributed by atoms with van der Waals surface area (Å²) in [6.45, 7) is 7.06. The third-order valence-corrected chi connectivity index (χ3v) is 8.11. The highest BCUT2D eigenvalue weighted by Gasteiger charge is 2.32. The number of hydrogen-bond acceptors (Lipinski definition) is 9. The molecule has 0 saturated carbocycles. The van der Waals surface area contributed by atoms with Crippen LogP contribution in [0, 0.1) is 20.8 Å². The minimum absolute atomic E-state index is 0.0836. The lowest BCUT2D eigenvalue weighted by Crippen LogP contribution is -2.12. The van der Waals surface area contributed by atoms with Gasteiger partial charge in [0, 0.05) is 28.2 Å². The highest BCUT2D eigenvalue weighted by molar-refractivity contribution is 7.15. The fraction of sp³-hybridized carbons (Fsp3) is 0.286. The highest BCUT2D eigenvalue weighted by Crippen LogP contribution is 2.39. The Kier molecular flexibility index (Phi) is 6.11. The predicted molar refractivity (Wildman–Crippen MR) is 145 cm³/mol. The van der Waals surface area contributed by atoms with E-state index in [2.05, 4.69) is 41.5 Å². The first-order valence-electron chi connectivity index (χ1n) is 12.3. The molecule has 10 heteroatoms. The number of aromatic nitrogens is 3. The summed E-state index contributed by atoms with van der Waals surface area (Å²) in [6, 6.07) is 13.7. The summed E-state index contributed by atoms with van der Waals surface area (Å²) in [4.78, 5) is 18.6. The number of nitrogens with one attached hydrogen (secondary N) is 1. The predicted octanol–water partition coefficient (Wildman–Crippen LogP) is 5.05. The number of carbonyl (C=O) groups excluding carboxylic acids is 1. The highest BCUT2D eigenvalue weighted by atomic mass is 32.1. The van der Waals surface area contributed by atoms with E-state index in [0.717, 1.165) is 56.0 Å². The SMILES string of the molecule is COC(=O)C[C@@H]1N=C(c2ccc(NCc3ccc4c(c3)OCO4)cc2)c2c(sc(C)c2C)-n2c(C)nnc21. The Hall–Kier alpha value is -4.18. The summed E-state index contributed by atoms with van der Waals surface area (Å²) in [5.74, 6) is 2.62. The molecule has 0 amide bonds. The lowest BCUT2D eigenvalue weighted by atomic mass is 9.99. The van der Waals surface area contributed by atoms with Gasteiger partial charge in [-0.1, -0.05) is 18.2 Å². The van der Waals surface area contributed by atoms with Crippen molar-refractivity contribution in [3.8, 4) is 16.5 Å². The van der Waals surface area contributed by atoms with Crippen LogP contribution < -0.4 is 14.8 Å². The van der Waals surface area contributed by atoms with E-state index in [1.54, 1.807) is 11.3 Å². The van der Waals surface area contributed by atoms with E-state index in [1.165, 1.54) is 12.0 Å². The molecule has 1 atom stereocenters. The lowest BCUT2D eigenvalue weighted by molar-refractivity contribution is -0.141. The van der Waals surface area contributed by atoms with Crippen molar-refractivity contribution in [1.29, 1.82) is 0 Å². The minimum Gasteiger partial charge on any atom is -0.469 e. The second kappa shape index (κ2) is 9.60. The van der Waals surface area contributed by atoms with E-state index in [1.807, 2.05) is 41.8 Å². The maximum Gasteiger partial charge on any atom is 0.308 e. The number of benzene rings is 2. The molecule has 0 saturated heterocycles. The molecular weight excluding hydrogens is 502 g/mol. The molecule has 0 spiro atoms. The van der Waals surface area contributed by atoms with Crippen LogP contribution in [0.3, 0.4) is 0 Å². The third-order valence-electron chi connectivity index (χ3n) is 6.92. The number of aliphatic imine (C=N–C) groups is 1. The number of ether oxygens (including phenoxy) is 3. The molecule has 0 fully saturated rings. The zero-order valence-electron chi connectivity index (χ0n) is 21.6. The maximum absolute atomic E-state index is 12.3. The Morgan fingerprint density at radius 3 is 2.68 bits per heavy atom. The number of carbonyl (C=O) groups is 1. The molecule has 6 rings (SSSR count). The van der Waals surface area contributed by atoms with Gasteiger partial charge >= 0.3 is 5.97 Å².